The lowest BCUT2D eigenvalue weighted by atomic mass is 10.0. The fraction of sp³-hybridized carbons (Fsp3) is 0.238. The van der Waals surface area contributed by atoms with Crippen LogP contribution in [-0.2, 0) is 6.54 Å². The molecule has 0 spiro atoms. The van der Waals surface area contributed by atoms with Crippen molar-refractivity contribution in [2.24, 2.45) is 0 Å². The predicted molar refractivity (Wildman–Crippen MR) is 120 cm³/mol. The average Bonchev–Trinajstić information content (AvgIpc) is 3.40. The molecular weight excluding hydrogens is 436 g/mol. The molecule has 0 aliphatic carbocycles. The number of H-pyrrole nitrogens is 1. The van der Waals surface area contributed by atoms with Gasteiger partial charge in [-0.1, -0.05) is 0 Å². The van der Waals surface area contributed by atoms with Gasteiger partial charge in [0.05, 0.1) is 33.3 Å². The Bertz CT molecular complexity index is 1280. The van der Waals surface area contributed by atoms with Crippen LogP contribution in [0.2, 0.25) is 0 Å². The molecule has 4 rings (SSSR count). The number of hydrogen-bond acceptors (Lipinski definition) is 7. The normalized spacial score (nSPS) is 11.3. The molecule has 0 aliphatic rings. The van der Waals surface area contributed by atoms with Crippen molar-refractivity contribution in [1.29, 1.82) is 0 Å². The standard InChI is InChI=1S/C21H21F2N7OS/c1-4-30-9-12(7-27-30)32-29-15-6-5-14(22)17(18(15)23)19(31)13-8-24-20-16(13)21(26-10-25-20)28-11(2)3/h5-11,29H,4H2,1-3H3,(H2,24,25,26,28). The van der Waals surface area contributed by atoms with Crippen molar-refractivity contribution < 1.29 is 13.6 Å². The van der Waals surface area contributed by atoms with E-state index in [-0.39, 0.29) is 17.3 Å². The molecular formula is C21H21F2N7OS. The van der Waals surface area contributed by atoms with Gasteiger partial charge in [0.15, 0.2) is 5.82 Å². The highest BCUT2D eigenvalue weighted by Crippen LogP contribution is 2.31. The summed E-state index contributed by atoms with van der Waals surface area (Å²) in [5, 5.41) is 7.66. The molecule has 0 saturated carbocycles. The van der Waals surface area contributed by atoms with E-state index >= 15 is 4.39 Å². The number of aromatic nitrogens is 5. The molecule has 3 heterocycles. The summed E-state index contributed by atoms with van der Waals surface area (Å²) in [5.41, 5.74) is -0.193. The Balaban J connectivity index is 1.69. The first-order chi connectivity index (χ1) is 15.4. The first-order valence-corrected chi connectivity index (χ1v) is 10.8. The third kappa shape index (κ3) is 4.15. The zero-order valence-electron chi connectivity index (χ0n) is 17.6. The van der Waals surface area contributed by atoms with E-state index in [4.69, 9.17) is 0 Å². The van der Waals surface area contributed by atoms with Crippen molar-refractivity contribution >= 4 is 40.3 Å². The van der Waals surface area contributed by atoms with Crippen LogP contribution in [0.5, 0.6) is 0 Å². The van der Waals surface area contributed by atoms with Gasteiger partial charge >= 0.3 is 0 Å². The average molecular weight is 458 g/mol. The van der Waals surface area contributed by atoms with Crippen LogP contribution in [0.15, 0.2) is 41.9 Å². The quantitative estimate of drug-likeness (QED) is 0.262. The molecule has 0 fully saturated rings. The molecule has 32 heavy (non-hydrogen) atoms. The summed E-state index contributed by atoms with van der Waals surface area (Å²) in [6.45, 7) is 6.48. The maximum absolute atomic E-state index is 15.2. The second-order valence-electron chi connectivity index (χ2n) is 7.30. The van der Waals surface area contributed by atoms with Crippen LogP contribution < -0.4 is 10.0 Å². The van der Waals surface area contributed by atoms with Crippen molar-refractivity contribution in [2.75, 3.05) is 10.0 Å². The number of nitrogens with one attached hydrogen (secondary N) is 3. The molecule has 8 nitrogen and oxygen atoms in total. The number of anilines is 2. The minimum atomic E-state index is -0.977. The lowest BCUT2D eigenvalue weighted by Gasteiger charge is -2.12. The number of aromatic amines is 1. The molecule has 3 N–H and O–H groups in total. The first kappa shape index (κ1) is 21.8. The van der Waals surface area contributed by atoms with Gasteiger partial charge in [0, 0.05) is 25.0 Å². The monoisotopic (exact) mass is 457 g/mol. The zero-order valence-corrected chi connectivity index (χ0v) is 18.4. The van der Waals surface area contributed by atoms with Crippen LogP contribution in [-0.4, -0.2) is 36.6 Å². The molecule has 0 radical (unpaired) electrons. The van der Waals surface area contributed by atoms with Gasteiger partial charge in [0.1, 0.15) is 23.6 Å². The van der Waals surface area contributed by atoms with Crippen LogP contribution in [0.1, 0.15) is 36.7 Å². The fourth-order valence-electron chi connectivity index (χ4n) is 3.18. The molecule has 4 aromatic rings. The van der Waals surface area contributed by atoms with Gasteiger partial charge in [0.25, 0.3) is 0 Å². The van der Waals surface area contributed by atoms with E-state index in [1.54, 1.807) is 17.1 Å². The van der Waals surface area contributed by atoms with E-state index in [1.807, 2.05) is 20.8 Å². The molecule has 0 amide bonds. The van der Waals surface area contributed by atoms with E-state index in [0.29, 0.717) is 23.4 Å². The number of ketones is 1. The van der Waals surface area contributed by atoms with Crippen molar-refractivity contribution in [3.05, 3.63) is 59.8 Å². The minimum absolute atomic E-state index is 0.0133. The minimum Gasteiger partial charge on any atom is -0.367 e. The Morgan fingerprint density at radius 1 is 1.28 bits per heavy atom. The van der Waals surface area contributed by atoms with E-state index in [9.17, 15) is 9.18 Å². The van der Waals surface area contributed by atoms with Gasteiger partial charge < -0.3 is 15.0 Å². The Labute approximate surface area is 187 Å². The van der Waals surface area contributed by atoms with E-state index in [2.05, 4.69) is 30.1 Å². The SMILES string of the molecule is CCn1cc(SNc2ccc(F)c(C(=O)c3c[nH]c4ncnc(NC(C)C)c34)c2F)cn1. The Hall–Kier alpha value is -3.47. The Morgan fingerprint density at radius 2 is 2.09 bits per heavy atom. The van der Waals surface area contributed by atoms with Crippen LogP contribution in [0.25, 0.3) is 11.0 Å². The molecule has 11 heteroatoms. The van der Waals surface area contributed by atoms with E-state index in [0.717, 1.165) is 22.9 Å². The highest BCUT2D eigenvalue weighted by Gasteiger charge is 2.26. The van der Waals surface area contributed by atoms with Crippen molar-refractivity contribution in [2.45, 2.75) is 38.3 Å². The third-order valence-electron chi connectivity index (χ3n) is 4.67. The topological polar surface area (TPSA) is 101 Å². The van der Waals surface area contributed by atoms with E-state index < -0.39 is 23.0 Å². The summed E-state index contributed by atoms with van der Waals surface area (Å²) in [5.74, 6) is -2.32. The van der Waals surface area contributed by atoms with Crippen LogP contribution in [0.3, 0.4) is 0 Å². The molecule has 0 bridgehead atoms. The van der Waals surface area contributed by atoms with Gasteiger partial charge in [-0.25, -0.2) is 18.7 Å². The maximum Gasteiger partial charge on any atom is 0.201 e. The molecule has 3 aromatic heterocycles. The lowest BCUT2D eigenvalue weighted by molar-refractivity contribution is 0.103. The van der Waals surface area contributed by atoms with Crippen molar-refractivity contribution in [3.63, 3.8) is 0 Å². The summed E-state index contributed by atoms with van der Waals surface area (Å²) in [7, 11) is 0. The zero-order chi connectivity index (χ0) is 22.8. The third-order valence-corrected chi connectivity index (χ3v) is 5.44. The lowest BCUT2D eigenvalue weighted by Crippen LogP contribution is -2.13. The van der Waals surface area contributed by atoms with Crippen molar-refractivity contribution in [3.8, 4) is 0 Å². The fourth-order valence-corrected chi connectivity index (χ4v) is 3.84. The number of fused-ring (bicyclic) bond motifs is 1. The number of aryl methyl sites for hydroxylation is 1. The van der Waals surface area contributed by atoms with Crippen LogP contribution in [0.4, 0.5) is 20.3 Å². The molecule has 0 unspecified atom stereocenters. The molecule has 166 valence electrons. The second-order valence-corrected chi connectivity index (χ2v) is 8.18. The molecule has 0 saturated heterocycles. The summed E-state index contributed by atoms with van der Waals surface area (Å²) < 4.78 is 34.4. The maximum atomic E-state index is 15.2. The summed E-state index contributed by atoms with van der Waals surface area (Å²) in [6.07, 6.45) is 6.16. The molecule has 1 aromatic carbocycles. The smallest absolute Gasteiger partial charge is 0.201 e. The Morgan fingerprint density at radius 3 is 2.81 bits per heavy atom. The number of carbonyl (C=O) groups is 1. The summed E-state index contributed by atoms with van der Waals surface area (Å²) in [4.78, 5) is 25.2. The number of benzene rings is 1. The molecule has 0 aliphatic heterocycles. The van der Waals surface area contributed by atoms with Gasteiger partial charge in [-0.3, -0.25) is 9.48 Å². The van der Waals surface area contributed by atoms with Crippen LogP contribution >= 0.6 is 11.9 Å². The van der Waals surface area contributed by atoms with Gasteiger partial charge in [-0.05, 0) is 44.9 Å². The predicted octanol–water partition coefficient (Wildman–Crippen LogP) is 4.62. The summed E-state index contributed by atoms with van der Waals surface area (Å²) >= 11 is 1.12. The molecule has 0 atom stereocenters. The highest BCUT2D eigenvalue weighted by molar-refractivity contribution is 8.00. The Kier molecular flexibility index (Phi) is 6.08. The number of hydrogen-bond donors (Lipinski definition) is 3. The first-order valence-electron chi connectivity index (χ1n) is 9.95. The summed E-state index contributed by atoms with van der Waals surface area (Å²) in [6, 6.07) is 2.34. The van der Waals surface area contributed by atoms with Crippen molar-refractivity contribution in [1.82, 2.24) is 24.7 Å². The number of carbonyl (C=O) groups excluding carboxylic acids is 1. The number of halogens is 2. The van der Waals surface area contributed by atoms with Gasteiger partial charge in [-0.15, -0.1) is 0 Å². The second kappa shape index (κ2) is 8.95. The number of rotatable bonds is 8. The van der Waals surface area contributed by atoms with Gasteiger partial charge in [0.2, 0.25) is 5.78 Å². The van der Waals surface area contributed by atoms with Crippen LogP contribution in [0, 0.1) is 11.6 Å². The largest absolute Gasteiger partial charge is 0.367 e. The van der Waals surface area contributed by atoms with E-state index in [1.165, 1.54) is 18.6 Å². The van der Waals surface area contributed by atoms with Gasteiger partial charge in [-0.2, -0.15) is 5.10 Å². The number of nitrogens with zero attached hydrogens (tertiary/aromatic N) is 4. The highest BCUT2D eigenvalue weighted by atomic mass is 32.2.